The number of pyridine rings is 2. The third-order valence-corrected chi connectivity index (χ3v) is 8.21. The fourth-order valence-corrected chi connectivity index (χ4v) is 5.88. The molecule has 0 spiro atoms. The van der Waals surface area contributed by atoms with Gasteiger partial charge in [-0.05, 0) is 30.5 Å². The van der Waals surface area contributed by atoms with E-state index in [1.54, 1.807) is 0 Å². The molecule has 5 rings (SSSR count). The molecule has 7 heteroatoms. The summed E-state index contributed by atoms with van der Waals surface area (Å²) in [7, 11) is 0. The number of carboxylic acid groups (broad SMARTS) is 1. The van der Waals surface area contributed by atoms with E-state index in [1.807, 2.05) is 0 Å². The Morgan fingerprint density at radius 3 is 1.41 bits per heavy atom. The summed E-state index contributed by atoms with van der Waals surface area (Å²) in [5, 5.41) is 23.1. The Bertz CT molecular complexity index is 1620. The van der Waals surface area contributed by atoms with Gasteiger partial charge in [0.2, 0.25) is 11.0 Å². The summed E-state index contributed by atoms with van der Waals surface area (Å²) >= 11 is 0. The molecule has 0 unspecified atom stereocenters. The van der Waals surface area contributed by atoms with Crippen LogP contribution in [-0.4, -0.2) is 5.97 Å². The molecule has 0 atom stereocenters. The van der Waals surface area contributed by atoms with Crippen molar-refractivity contribution in [2.45, 2.75) is 78.3 Å². The zero-order valence-electron chi connectivity index (χ0n) is 25.9. The SMILES string of the molecule is Cc1cc(N)c2ccccc2[n+]1CCCCCCCCCC[n+]1c(C)cc(N)c2ccccc21.O=C([O-])c1ccccc1[O-]. The summed E-state index contributed by atoms with van der Waals surface area (Å²) in [5.41, 5.74) is 18.9. The Labute approximate surface area is 260 Å². The summed E-state index contributed by atoms with van der Waals surface area (Å²) in [6, 6.07) is 26.5. The number of hydrogen-bond acceptors (Lipinski definition) is 5. The first kappa shape index (κ1) is 32.3. The lowest BCUT2D eigenvalue weighted by atomic mass is 10.1. The van der Waals surface area contributed by atoms with Gasteiger partial charge in [0.1, 0.15) is 13.1 Å². The normalized spacial score (nSPS) is 11.0. The van der Waals surface area contributed by atoms with Gasteiger partial charge in [-0.25, -0.2) is 0 Å². The van der Waals surface area contributed by atoms with E-state index in [0.29, 0.717) is 0 Å². The van der Waals surface area contributed by atoms with Gasteiger partial charge in [0.25, 0.3) is 0 Å². The van der Waals surface area contributed by atoms with E-state index >= 15 is 0 Å². The highest BCUT2D eigenvalue weighted by molar-refractivity contribution is 5.89. The monoisotopic (exact) mass is 592 g/mol. The molecule has 0 saturated carbocycles. The zero-order chi connectivity index (χ0) is 31.5. The van der Waals surface area contributed by atoms with Crippen molar-refractivity contribution in [3.05, 3.63) is 102 Å². The Kier molecular flexibility index (Phi) is 11.5. The lowest BCUT2D eigenvalue weighted by Gasteiger charge is -2.12. The smallest absolute Gasteiger partial charge is 0.214 e. The first-order chi connectivity index (χ1) is 21.3. The minimum Gasteiger partial charge on any atom is -0.872 e. The molecular weight excluding hydrogens is 548 g/mol. The molecule has 2 aromatic heterocycles. The number of nitrogens with two attached hydrogens (primary N) is 2. The van der Waals surface area contributed by atoms with E-state index in [2.05, 4.69) is 83.6 Å². The van der Waals surface area contributed by atoms with Crippen molar-refractivity contribution >= 4 is 39.1 Å². The quantitative estimate of drug-likeness (QED) is 0.150. The molecule has 0 saturated heterocycles. The van der Waals surface area contributed by atoms with Gasteiger partial charge in [-0.15, -0.1) is 0 Å². The fraction of sp³-hybridized carbons (Fsp3) is 0.324. The first-order valence-corrected chi connectivity index (χ1v) is 15.6. The number of nitrogen functional groups attached to an aromatic ring is 2. The summed E-state index contributed by atoms with van der Waals surface area (Å²) in [4.78, 5) is 10.1. The molecule has 0 aliphatic carbocycles. The number of carbonyl (C=O) groups is 1. The maximum atomic E-state index is 10.6. The van der Waals surface area contributed by atoms with Crippen molar-refractivity contribution in [2.75, 3.05) is 11.5 Å². The number of benzene rings is 3. The van der Waals surface area contributed by atoms with Gasteiger partial charge in [-0.3, -0.25) is 0 Å². The predicted molar refractivity (Wildman–Crippen MR) is 174 cm³/mol. The Balaban J connectivity index is 0.000000375. The topological polar surface area (TPSA) is 123 Å². The number of aromatic nitrogens is 2. The summed E-state index contributed by atoms with van der Waals surface area (Å²) < 4.78 is 4.85. The van der Waals surface area contributed by atoms with Crippen molar-refractivity contribution in [1.29, 1.82) is 0 Å². The number of hydrogen-bond donors (Lipinski definition) is 2. The maximum absolute atomic E-state index is 10.6. The van der Waals surface area contributed by atoms with Crippen LogP contribution in [-0.2, 0) is 13.1 Å². The molecule has 0 aliphatic rings. The van der Waals surface area contributed by atoms with Crippen LogP contribution in [0.2, 0.25) is 0 Å². The minimum atomic E-state index is -1.43. The lowest BCUT2D eigenvalue weighted by Crippen LogP contribution is -2.38. The van der Waals surface area contributed by atoms with Crippen molar-refractivity contribution in [1.82, 2.24) is 0 Å². The number of carboxylic acids is 1. The second kappa shape index (κ2) is 15.7. The van der Waals surface area contributed by atoms with Crippen LogP contribution in [0.4, 0.5) is 11.4 Å². The number of rotatable bonds is 12. The third-order valence-electron chi connectivity index (χ3n) is 8.21. The number of aryl methyl sites for hydroxylation is 4. The fourth-order valence-electron chi connectivity index (χ4n) is 5.88. The number of anilines is 2. The Morgan fingerprint density at radius 2 is 1.00 bits per heavy atom. The Hall–Kier alpha value is -4.65. The van der Waals surface area contributed by atoms with Gasteiger partial charge in [0.15, 0.2) is 11.4 Å². The summed E-state index contributed by atoms with van der Waals surface area (Å²) in [6.07, 6.45) is 10.3. The highest BCUT2D eigenvalue weighted by Gasteiger charge is 2.16. The molecule has 0 aliphatic heterocycles. The number of unbranched alkanes of at least 4 members (excludes halogenated alkanes) is 7. The maximum Gasteiger partial charge on any atom is 0.214 e. The molecule has 0 bridgehead atoms. The molecule has 7 nitrogen and oxygen atoms in total. The number of nitrogens with zero attached hydrogens (tertiary/aromatic N) is 2. The second-order valence-electron chi connectivity index (χ2n) is 11.4. The highest BCUT2D eigenvalue weighted by atomic mass is 16.4. The van der Waals surface area contributed by atoms with Gasteiger partial charge in [-0.2, -0.15) is 9.13 Å². The van der Waals surface area contributed by atoms with Crippen LogP contribution in [0.15, 0.2) is 84.9 Å². The van der Waals surface area contributed by atoms with Gasteiger partial charge in [0, 0.05) is 51.0 Å². The number of para-hydroxylation sites is 3. The van der Waals surface area contributed by atoms with Crippen LogP contribution in [0.25, 0.3) is 21.8 Å². The number of fused-ring (bicyclic) bond motifs is 2. The van der Waals surface area contributed by atoms with E-state index in [1.165, 1.54) is 98.1 Å². The largest absolute Gasteiger partial charge is 0.872 e. The third kappa shape index (κ3) is 8.25. The minimum absolute atomic E-state index is 0.289. The molecule has 3 aromatic carbocycles. The zero-order valence-corrected chi connectivity index (χ0v) is 25.9. The lowest BCUT2D eigenvalue weighted by molar-refractivity contribution is -0.678. The molecular formula is C37H44N4O3. The van der Waals surface area contributed by atoms with Crippen molar-refractivity contribution in [3.8, 4) is 5.75 Å². The van der Waals surface area contributed by atoms with Crippen LogP contribution in [0.1, 0.15) is 73.1 Å². The van der Waals surface area contributed by atoms with E-state index in [-0.39, 0.29) is 5.56 Å². The van der Waals surface area contributed by atoms with Crippen LogP contribution >= 0.6 is 0 Å². The molecule has 0 radical (unpaired) electrons. The summed E-state index contributed by atoms with van der Waals surface area (Å²) in [6.45, 7) is 6.46. The highest BCUT2D eigenvalue weighted by Crippen LogP contribution is 2.20. The molecule has 0 fully saturated rings. The molecule has 44 heavy (non-hydrogen) atoms. The average Bonchev–Trinajstić information content (AvgIpc) is 3.01. The first-order valence-electron chi connectivity index (χ1n) is 15.6. The second-order valence-corrected chi connectivity index (χ2v) is 11.4. The van der Waals surface area contributed by atoms with Crippen molar-refractivity contribution < 1.29 is 24.1 Å². The van der Waals surface area contributed by atoms with E-state index in [9.17, 15) is 15.0 Å². The van der Waals surface area contributed by atoms with Gasteiger partial charge < -0.3 is 26.5 Å². The van der Waals surface area contributed by atoms with Crippen LogP contribution < -0.4 is 30.8 Å². The predicted octanol–water partition coefficient (Wildman–Crippen LogP) is 5.29. The van der Waals surface area contributed by atoms with Crippen molar-refractivity contribution in [3.63, 3.8) is 0 Å². The van der Waals surface area contributed by atoms with Crippen molar-refractivity contribution in [2.24, 2.45) is 0 Å². The van der Waals surface area contributed by atoms with Gasteiger partial charge in [-0.1, -0.05) is 80.0 Å². The van der Waals surface area contributed by atoms with Crippen LogP contribution in [0.3, 0.4) is 0 Å². The van der Waals surface area contributed by atoms with E-state index in [0.717, 1.165) is 35.2 Å². The van der Waals surface area contributed by atoms with E-state index < -0.39 is 11.7 Å². The van der Waals surface area contributed by atoms with Crippen LogP contribution in [0.5, 0.6) is 5.75 Å². The summed E-state index contributed by atoms with van der Waals surface area (Å²) in [5.74, 6) is -1.94. The number of carbonyl (C=O) groups excluding carboxylic acids is 1. The van der Waals surface area contributed by atoms with E-state index in [4.69, 9.17) is 11.5 Å². The number of aromatic carboxylic acids is 1. The molecule has 2 heterocycles. The van der Waals surface area contributed by atoms with Gasteiger partial charge >= 0.3 is 0 Å². The average molecular weight is 593 g/mol. The van der Waals surface area contributed by atoms with Crippen LogP contribution in [0, 0.1) is 13.8 Å². The molecule has 4 N–H and O–H groups in total. The Morgan fingerprint density at radius 1 is 0.614 bits per heavy atom. The van der Waals surface area contributed by atoms with Gasteiger partial charge in [0.05, 0.1) is 28.1 Å². The standard InChI is InChI=1S/C30H38N4.C7H6O3/c1-23-21-27(31)25-15-9-11-17-29(25)33(23)19-13-7-5-3-4-6-8-14-20-34-24(2)22-28(32)26-16-10-12-18-30(26)34;8-6-4-2-1-3-5(6)7(9)10/h9-12,15-18,21-22,31-32H,3-8,13-14,19-20H2,1-2H3;1-4,8H,(H,9,10). The molecule has 5 aromatic rings. The molecule has 230 valence electrons. The molecule has 0 amide bonds.